The van der Waals surface area contributed by atoms with E-state index in [4.69, 9.17) is 10.5 Å². The fourth-order valence-corrected chi connectivity index (χ4v) is 2.45. The number of hydrogen-bond donors (Lipinski definition) is 2. The van der Waals surface area contributed by atoms with E-state index in [-0.39, 0.29) is 35.9 Å². The zero-order chi connectivity index (χ0) is 18.7. The minimum atomic E-state index is -2.66. The zero-order valence-corrected chi connectivity index (χ0v) is 13.5. The molecule has 0 aliphatic carbocycles. The third-order valence-electron chi connectivity index (χ3n) is 3.73. The Labute approximate surface area is 146 Å². The molecular weight excluding hydrogens is 349 g/mol. The first kappa shape index (κ1) is 17.9. The molecule has 1 aliphatic rings. The molecule has 1 atom stereocenters. The van der Waals surface area contributed by atoms with Gasteiger partial charge in [0.05, 0.1) is 6.61 Å². The molecule has 0 fully saturated rings. The van der Waals surface area contributed by atoms with E-state index in [1.807, 2.05) is 0 Å². The van der Waals surface area contributed by atoms with Crippen molar-refractivity contribution in [2.24, 2.45) is 10.7 Å². The first-order valence-corrected chi connectivity index (χ1v) is 7.69. The number of hydrogen-bond acceptors (Lipinski definition) is 5. The Morgan fingerprint density at radius 2 is 2.12 bits per heavy atom. The molecule has 1 amide bonds. The number of benzene rings is 1. The summed E-state index contributed by atoms with van der Waals surface area (Å²) in [6.07, 6.45) is -1.73. The van der Waals surface area contributed by atoms with Crippen molar-refractivity contribution < 1.29 is 22.7 Å². The molecule has 136 valence electrons. The van der Waals surface area contributed by atoms with Gasteiger partial charge in [0.2, 0.25) is 0 Å². The van der Waals surface area contributed by atoms with Crippen LogP contribution in [0.15, 0.2) is 41.5 Å². The van der Waals surface area contributed by atoms with Gasteiger partial charge in [-0.2, -0.15) is 0 Å². The second kappa shape index (κ2) is 7.52. The summed E-state index contributed by atoms with van der Waals surface area (Å²) in [5, 5.41) is 2.55. The molecule has 26 heavy (non-hydrogen) atoms. The predicted molar refractivity (Wildman–Crippen MR) is 88.7 cm³/mol. The number of carbonyl (C=O) groups excluding carboxylic acids is 1. The Morgan fingerprint density at radius 1 is 1.31 bits per heavy atom. The summed E-state index contributed by atoms with van der Waals surface area (Å²) in [5.74, 6) is -0.848. The van der Waals surface area contributed by atoms with Crippen LogP contribution in [0.2, 0.25) is 0 Å². The molecular formula is C17H15F3N4O2. The highest BCUT2D eigenvalue weighted by molar-refractivity contribution is 6.02. The summed E-state index contributed by atoms with van der Waals surface area (Å²) in [6, 6.07) is 5.71. The summed E-state index contributed by atoms with van der Waals surface area (Å²) in [4.78, 5) is 20.1. The number of nitrogens with one attached hydrogen (secondary N) is 1. The van der Waals surface area contributed by atoms with Gasteiger partial charge in [-0.05, 0) is 30.3 Å². The molecule has 0 bridgehead atoms. The lowest BCUT2D eigenvalue weighted by Gasteiger charge is -2.20. The van der Waals surface area contributed by atoms with Gasteiger partial charge in [-0.1, -0.05) is 0 Å². The largest absolute Gasteiger partial charge is 0.386 e. The van der Waals surface area contributed by atoms with Gasteiger partial charge >= 0.3 is 0 Å². The number of halogens is 3. The van der Waals surface area contributed by atoms with Crippen molar-refractivity contribution >= 4 is 17.4 Å². The van der Waals surface area contributed by atoms with Gasteiger partial charge < -0.3 is 15.8 Å². The number of carbonyl (C=O) groups is 1. The van der Waals surface area contributed by atoms with Crippen LogP contribution in [0.1, 0.15) is 34.1 Å². The Morgan fingerprint density at radius 3 is 2.77 bits per heavy atom. The summed E-state index contributed by atoms with van der Waals surface area (Å²) < 4.78 is 44.4. The minimum absolute atomic E-state index is 0.0384. The van der Waals surface area contributed by atoms with E-state index >= 15 is 0 Å². The second-order valence-corrected chi connectivity index (χ2v) is 5.62. The number of aliphatic imine (C=N–C) groups is 1. The lowest BCUT2D eigenvalue weighted by atomic mass is 10.1. The molecule has 3 rings (SSSR count). The van der Waals surface area contributed by atoms with Gasteiger partial charge in [0.15, 0.2) is 0 Å². The minimum Gasteiger partial charge on any atom is -0.386 e. The smallest absolute Gasteiger partial charge is 0.274 e. The summed E-state index contributed by atoms with van der Waals surface area (Å²) in [6.45, 7) is 0.362. The lowest BCUT2D eigenvalue weighted by molar-refractivity contribution is 0.102. The van der Waals surface area contributed by atoms with E-state index in [1.54, 1.807) is 0 Å². The summed E-state index contributed by atoms with van der Waals surface area (Å²) >= 11 is 0. The van der Waals surface area contributed by atoms with Crippen LogP contribution < -0.4 is 11.1 Å². The molecule has 0 radical (unpaired) electrons. The number of pyridine rings is 1. The normalized spacial score (nSPS) is 17.1. The van der Waals surface area contributed by atoms with Crippen molar-refractivity contribution in [3.63, 3.8) is 0 Å². The van der Waals surface area contributed by atoms with Gasteiger partial charge in [0.25, 0.3) is 12.3 Å². The molecule has 1 aromatic heterocycles. The number of rotatable bonds is 4. The number of alkyl halides is 2. The molecule has 9 heteroatoms. The van der Waals surface area contributed by atoms with Gasteiger partial charge in [-0.15, -0.1) is 0 Å². The van der Waals surface area contributed by atoms with Gasteiger partial charge in [0.1, 0.15) is 30.0 Å². The maximum Gasteiger partial charge on any atom is 0.274 e. The zero-order valence-electron chi connectivity index (χ0n) is 13.5. The van der Waals surface area contributed by atoms with Gasteiger partial charge in [0, 0.05) is 23.0 Å². The first-order valence-electron chi connectivity index (χ1n) is 7.69. The third-order valence-corrected chi connectivity index (χ3v) is 3.73. The summed E-state index contributed by atoms with van der Waals surface area (Å²) in [7, 11) is 0. The molecule has 0 spiro atoms. The van der Waals surface area contributed by atoms with Crippen LogP contribution in [0.4, 0.5) is 18.9 Å². The standard InChI is InChI=1S/C17H15F3N4O2/c18-12-3-2-10(5-11(12)14-7-26-8-15(21)24-14)23-17(25)13-4-1-9(6-22-13)16(19)20/h1-6,14,16H,7-8H2,(H2,21,24)(H,23,25)/t14-/m0/s1. The number of ether oxygens (including phenoxy) is 1. The van der Waals surface area contributed by atoms with E-state index in [1.165, 1.54) is 24.3 Å². The topological polar surface area (TPSA) is 89.6 Å². The molecule has 1 aliphatic heterocycles. The van der Waals surface area contributed by atoms with Crippen LogP contribution >= 0.6 is 0 Å². The van der Waals surface area contributed by atoms with E-state index in [9.17, 15) is 18.0 Å². The van der Waals surface area contributed by atoms with Crippen LogP contribution in [0.5, 0.6) is 0 Å². The van der Waals surface area contributed by atoms with E-state index in [0.29, 0.717) is 5.69 Å². The molecule has 1 aromatic carbocycles. The molecule has 6 nitrogen and oxygen atoms in total. The SMILES string of the molecule is NC1=N[C@H](c2cc(NC(=O)c3ccc(C(F)F)cn3)ccc2F)COC1. The average Bonchev–Trinajstić information content (AvgIpc) is 2.63. The van der Waals surface area contributed by atoms with Crippen LogP contribution in [0.25, 0.3) is 0 Å². The van der Waals surface area contributed by atoms with Gasteiger partial charge in [-0.3, -0.25) is 14.8 Å². The Kier molecular flexibility index (Phi) is 5.17. The molecule has 2 aromatic rings. The van der Waals surface area contributed by atoms with E-state index < -0.39 is 24.2 Å². The number of anilines is 1. The van der Waals surface area contributed by atoms with Crippen molar-refractivity contribution in [1.82, 2.24) is 4.98 Å². The van der Waals surface area contributed by atoms with E-state index in [0.717, 1.165) is 12.3 Å². The number of amidine groups is 1. The third kappa shape index (κ3) is 3.99. The van der Waals surface area contributed by atoms with Crippen molar-refractivity contribution in [2.75, 3.05) is 18.5 Å². The highest BCUT2D eigenvalue weighted by Gasteiger charge is 2.20. The second-order valence-electron chi connectivity index (χ2n) is 5.62. The Bertz CT molecular complexity index is 840. The summed E-state index contributed by atoms with van der Waals surface area (Å²) in [5.41, 5.74) is 5.83. The Hall–Kier alpha value is -2.94. The van der Waals surface area contributed by atoms with Crippen molar-refractivity contribution in [1.29, 1.82) is 0 Å². The quantitative estimate of drug-likeness (QED) is 0.873. The fourth-order valence-electron chi connectivity index (χ4n) is 2.45. The maximum atomic E-state index is 14.1. The monoisotopic (exact) mass is 364 g/mol. The van der Waals surface area contributed by atoms with Crippen LogP contribution in [0.3, 0.4) is 0 Å². The molecule has 0 unspecified atom stereocenters. The molecule has 2 heterocycles. The average molecular weight is 364 g/mol. The number of aromatic nitrogens is 1. The van der Waals surface area contributed by atoms with Crippen LogP contribution in [-0.4, -0.2) is 29.9 Å². The number of nitrogens with two attached hydrogens (primary N) is 1. The van der Waals surface area contributed by atoms with Gasteiger partial charge in [-0.25, -0.2) is 13.2 Å². The van der Waals surface area contributed by atoms with Crippen molar-refractivity contribution in [3.05, 3.63) is 59.2 Å². The van der Waals surface area contributed by atoms with Crippen LogP contribution in [0, 0.1) is 5.82 Å². The Balaban J connectivity index is 1.78. The van der Waals surface area contributed by atoms with Crippen molar-refractivity contribution in [3.8, 4) is 0 Å². The van der Waals surface area contributed by atoms with Crippen LogP contribution in [-0.2, 0) is 4.74 Å². The maximum absolute atomic E-state index is 14.1. The van der Waals surface area contributed by atoms with Crippen molar-refractivity contribution in [2.45, 2.75) is 12.5 Å². The molecule has 0 saturated carbocycles. The number of nitrogens with zero attached hydrogens (tertiary/aromatic N) is 2. The highest BCUT2D eigenvalue weighted by Crippen LogP contribution is 2.26. The highest BCUT2D eigenvalue weighted by atomic mass is 19.3. The number of amides is 1. The van der Waals surface area contributed by atoms with E-state index in [2.05, 4.69) is 15.3 Å². The molecule has 3 N–H and O–H groups in total. The predicted octanol–water partition coefficient (Wildman–Crippen LogP) is 2.84. The first-order chi connectivity index (χ1) is 12.4. The fraction of sp³-hybridized carbons (Fsp3) is 0.235. The lowest BCUT2D eigenvalue weighted by Crippen LogP contribution is -2.27. The molecule has 0 saturated heterocycles.